The summed E-state index contributed by atoms with van der Waals surface area (Å²) in [7, 11) is 0. The third kappa shape index (κ3) is 3.08. The second-order valence-electron chi connectivity index (χ2n) is 4.21. The van der Waals surface area contributed by atoms with Gasteiger partial charge in [-0.2, -0.15) is 0 Å². The summed E-state index contributed by atoms with van der Waals surface area (Å²) < 4.78 is 0. The Morgan fingerprint density at radius 1 is 1.56 bits per heavy atom. The van der Waals surface area contributed by atoms with Gasteiger partial charge in [-0.05, 0) is 12.3 Å². The molecule has 0 radical (unpaired) electrons. The zero-order chi connectivity index (χ0) is 13.1. The van der Waals surface area contributed by atoms with Gasteiger partial charge in [0.15, 0.2) is 5.12 Å². The molecule has 0 aromatic carbocycles. The number of rotatable bonds is 4. The molecule has 2 rings (SSSR count). The average molecular weight is 285 g/mol. The normalized spacial score (nSPS) is 19.6. The van der Waals surface area contributed by atoms with E-state index in [0.717, 1.165) is 11.4 Å². The molecule has 7 heteroatoms. The minimum Gasteiger partial charge on any atom is -0.288 e. The molecule has 18 heavy (non-hydrogen) atoms. The van der Waals surface area contributed by atoms with Crippen LogP contribution in [0.5, 0.6) is 0 Å². The van der Waals surface area contributed by atoms with Crippen LogP contribution in [0.2, 0.25) is 0 Å². The van der Waals surface area contributed by atoms with E-state index in [4.69, 9.17) is 0 Å². The number of aromatic nitrogens is 2. The average Bonchev–Trinajstić information content (AvgIpc) is 2.92. The van der Waals surface area contributed by atoms with Crippen molar-refractivity contribution in [3.63, 3.8) is 0 Å². The number of nitrogens with zero attached hydrogens (tertiary/aromatic N) is 3. The number of thioether (sulfide) groups is 1. The highest BCUT2D eigenvalue weighted by atomic mass is 32.2. The lowest BCUT2D eigenvalue weighted by Crippen LogP contribution is -2.24. The van der Waals surface area contributed by atoms with Gasteiger partial charge in [-0.15, -0.1) is 10.2 Å². The Hall–Kier alpha value is -0.950. The van der Waals surface area contributed by atoms with Gasteiger partial charge < -0.3 is 0 Å². The third-order valence-corrected chi connectivity index (χ3v) is 4.85. The zero-order valence-electron chi connectivity index (χ0n) is 10.4. The summed E-state index contributed by atoms with van der Waals surface area (Å²) in [6, 6.07) is 0. The summed E-state index contributed by atoms with van der Waals surface area (Å²) in [4.78, 5) is 24.5. The van der Waals surface area contributed by atoms with Crippen LogP contribution < -0.4 is 4.90 Å². The molecule has 1 aromatic heterocycles. The van der Waals surface area contributed by atoms with Crippen LogP contribution >= 0.6 is 23.1 Å². The van der Waals surface area contributed by atoms with Crippen LogP contribution in [0.25, 0.3) is 0 Å². The second-order valence-corrected chi connectivity index (χ2v) is 6.45. The Bertz CT molecular complexity index is 461. The van der Waals surface area contributed by atoms with Crippen molar-refractivity contribution in [2.75, 3.05) is 17.2 Å². The summed E-state index contributed by atoms with van der Waals surface area (Å²) in [5.41, 5.74) is 0. The first-order chi connectivity index (χ1) is 8.60. The molecule has 0 bridgehead atoms. The van der Waals surface area contributed by atoms with E-state index in [2.05, 4.69) is 10.2 Å². The molecule has 1 atom stereocenters. The summed E-state index contributed by atoms with van der Waals surface area (Å²) in [5, 5.41) is 9.81. The Balaban J connectivity index is 1.98. The summed E-state index contributed by atoms with van der Waals surface area (Å²) in [6.45, 7) is 4.22. The Kier molecular flexibility index (Phi) is 4.34. The topological polar surface area (TPSA) is 63.2 Å². The van der Waals surface area contributed by atoms with Crippen LogP contribution in [-0.2, 0) is 16.0 Å². The SMILES string of the molecule is CCc1nnc(N2CC(CSC(C)=O)CC2=O)s1. The van der Waals surface area contributed by atoms with Crippen molar-refractivity contribution < 1.29 is 9.59 Å². The fourth-order valence-corrected chi connectivity index (χ4v) is 3.31. The van der Waals surface area contributed by atoms with E-state index in [1.807, 2.05) is 6.92 Å². The molecule has 1 amide bonds. The number of carbonyl (C=O) groups excluding carboxylic acids is 2. The maximum Gasteiger partial charge on any atom is 0.229 e. The molecule has 0 N–H and O–H groups in total. The Morgan fingerprint density at radius 2 is 2.33 bits per heavy atom. The second kappa shape index (κ2) is 5.79. The third-order valence-electron chi connectivity index (χ3n) is 2.72. The molecule has 1 unspecified atom stereocenters. The molecular formula is C11H15N3O2S2. The molecule has 0 aliphatic carbocycles. The molecule has 1 saturated heterocycles. The quantitative estimate of drug-likeness (QED) is 0.843. The van der Waals surface area contributed by atoms with E-state index in [1.54, 1.807) is 11.8 Å². The first kappa shape index (κ1) is 13.5. The van der Waals surface area contributed by atoms with Gasteiger partial charge >= 0.3 is 0 Å². The van der Waals surface area contributed by atoms with E-state index in [9.17, 15) is 9.59 Å². The van der Waals surface area contributed by atoms with Crippen molar-refractivity contribution in [2.24, 2.45) is 5.92 Å². The fourth-order valence-electron chi connectivity index (χ4n) is 1.81. The minimum absolute atomic E-state index is 0.0861. The van der Waals surface area contributed by atoms with E-state index < -0.39 is 0 Å². The van der Waals surface area contributed by atoms with E-state index >= 15 is 0 Å². The summed E-state index contributed by atoms with van der Waals surface area (Å²) in [6.07, 6.45) is 1.34. The highest BCUT2D eigenvalue weighted by Gasteiger charge is 2.32. The first-order valence-corrected chi connectivity index (χ1v) is 7.66. The van der Waals surface area contributed by atoms with Gasteiger partial charge in [0.05, 0.1) is 0 Å². The number of hydrogen-bond acceptors (Lipinski definition) is 6. The Morgan fingerprint density at radius 3 is 2.94 bits per heavy atom. The number of aryl methyl sites for hydroxylation is 1. The lowest BCUT2D eigenvalue weighted by Gasteiger charge is -2.11. The van der Waals surface area contributed by atoms with Gasteiger partial charge in [0, 0.05) is 25.6 Å². The molecule has 1 aliphatic heterocycles. The number of hydrogen-bond donors (Lipinski definition) is 0. The monoisotopic (exact) mass is 285 g/mol. The Labute approximate surface area is 114 Å². The molecule has 5 nitrogen and oxygen atoms in total. The first-order valence-electron chi connectivity index (χ1n) is 5.86. The molecule has 0 saturated carbocycles. The van der Waals surface area contributed by atoms with Crippen LogP contribution in [0, 0.1) is 5.92 Å². The summed E-state index contributed by atoms with van der Waals surface area (Å²) in [5.74, 6) is 1.03. The summed E-state index contributed by atoms with van der Waals surface area (Å²) >= 11 is 2.76. The molecule has 0 spiro atoms. The number of amides is 1. The number of carbonyl (C=O) groups is 2. The van der Waals surface area contributed by atoms with Gasteiger partial charge in [0.2, 0.25) is 11.0 Å². The highest BCUT2D eigenvalue weighted by Crippen LogP contribution is 2.29. The van der Waals surface area contributed by atoms with Crippen molar-refractivity contribution in [1.82, 2.24) is 10.2 Å². The molecule has 98 valence electrons. The van der Waals surface area contributed by atoms with Crippen molar-refractivity contribution in [3.05, 3.63) is 5.01 Å². The molecule has 1 aromatic rings. The van der Waals surface area contributed by atoms with Gasteiger partial charge in [0.1, 0.15) is 5.01 Å². The van der Waals surface area contributed by atoms with Crippen molar-refractivity contribution >= 4 is 39.3 Å². The van der Waals surface area contributed by atoms with Gasteiger partial charge in [-0.25, -0.2) is 0 Å². The van der Waals surface area contributed by atoms with Crippen molar-refractivity contribution in [1.29, 1.82) is 0 Å². The van der Waals surface area contributed by atoms with Crippen molar-refractivity contribution in [2.45, 2.75) is 26.7 Å². The lowest BCUT2D eigenvalue weighted by molar-refractivity contribution is -0.117. The standard InChI is InChI=1S/C11H15N3O2S2/c1-3-9-12-13-11(18-9)14-5-8(4-10(14)16)6-17-7(2)15/h8H,3-6H2,1-2H3. The zero-order valence-corrected chi connectivity index (χ0v) is 12.0. The van der Waals surface area contributed by atoms with Crippen molar-refractivity contribution in [3.8, 4) is 0 Å². The van der Waals surface area contributed by atoms with E-state index in [0.29, 0.717) is 23.8 Å². The largest absolute Gasteiger partial charge is 0.288 e. The van der Waals surface area contributed by atoms with Crippen LogP contribution in [0.3, 0.4) is 0 Å². The number of anilines is 1. The highest BCUT2D eigenvalue weighted by molar-refractivity contribution is 8.13. The van der Waals surface area contributed by atoms with Gasteiger partial charge in [0.25, 0.3) is 0 Å². The predicted molar refractivity (Wildman–Crippen MR) is 72.9 cm³/mol. The van der Waals surface area contributed by atoms with E-state index in [1.165, 1.54) is 23.1 Å². The van der Waals surface area contributed by atoms with Crippen LogP contribution in [0.4, 0.5) is 5.13 Å². The lowest BCUT2D eigenvalue weighted by atomic mass is 10.1. The predicted octanol–water partition coefficient (Wildman–Crippen LogP) is 1.73. The maximum absolute atomic E-state index is 11.9. The van der Waals surface area contributed by atoms with E-state index in [-0.39, 0.29) is 16.9 Å². The van der Waals surface area contributed by atoms with Crippen LogP contribution in [0.15, 0.2) is 0 Å². The molecular weight excluding hydrogens is 270 g/mol. The minimum atomic E-state index is 0.0861. The van der Waals surface area contributed by atoms with Crippen LogP contribution in [-0.4, -0.2) is 33.5 Å². The van der Waals surface area contributed by atoms with Gasteiger partial charge in [-0.3, -0.25) is 14.5 Å². The molecule has 1 aliphatic rings. The molecule has 1 fully saturated rings. The molecule has 2 heterocycles. The van der Waals surface area contributed by atoms with Gasteiger partial charge in [-0.1, -0.05) is 30.0 Å². The smallest absolute Gasteiger partial charge is 0.229 e. The van der Waals surface area contributed by atoms with Crippen LogP contribution in [0.1, 0.15) is 25.3 Å². The maximum atomic E-state index is 11.9. The fraction of sp³-hybridized carbons (Fsp3) is 0.636.